The maximum absolute atomic E-state index is 12.3. The Morgan fingerprint density at radius 2 is 1.67 bits per heavy atom. The Bertz CT molecular complexity index is 849. The van der Waals surface area contributed by atoms with Gasteiger partial charge in [-0.3, -0.25) is 25.2 Å². The molecule has 1 fully saturated rings. The molecule has 0 unspecified atom stereocenters. The number of amides is 3. The third-order valence-corrected chi connectivity index (χ3v) is 4.10. The van der Waals surface area contributed by atoms with Crippen LogP contribution < -0.4 is 16.2 Å². The van der Waals surface area contributed by atoms with Crippen LogP contribution in [-0.2, 0) is 9.59 Å². The first kappa shape index (κ1) is 16.0. The number of carbonyl (C=O) groups excluding carboxylic acids is 3. The minimum atomic E-state index is -0.906. The third-order valence-electron chi connectivity index (χ3n) is 4.10. The quantitative estimate of drug-likeness (QED) is 0.572. The van der Waals surface area contributed by atoms with Crippen LogP contribution in [0.3, 0.4) is 0 Å². The molecule has 0 spiro atoms. The average molecular weight is 329 g/mol. The molecule has 0 saturated heterocycles. The predicted molar refractivity (Wildman–Crippen MR) is 87.2 cm³/mol. The molecule has 2 aromatic rings. The molecule has 1 aliphatic carbocycles. The molecule has 3 N–H and O–H groups in total. The first-order chi connectivity index (χ1) is 11.4. The van der Waals surface area contributed by atoms with Gasteiger partial charge in [0.15, 0.2) is 5.76 Å². The molecular weight excluding hydrogens is 310 g/mol. The van der Waals surface area contributed by atoms with Crippen molar-refractivity contribution in [2.75, 3.05) is 0 Å². The van der Waals surface area contributed by atoms with Gasteiger partial charge in [-0.15, -0.1) is 0 Å². The number of nitrogens with one attached hydrogen (secondary N) is 3. The molecule has 1 aromatic carbocycles. The van der Waals surface area contributed by atoms with E-state index in [0.29, 0.717) is 11.1 Å². The summed E-state index contributed by atoms with van der Waals surface area (Å²) in [6.07, 6.45) is 1.75. The van der Waals surface area contributed by atoms with E-state index < -0.39 is 17.7 Å². The first-order valence-electron chi connectivity index (χ1n) is 7.79. The molecule has 0 bridgehead atoms. The minimum absolute atomic E-state index is 0.0718. The maximum atomic E-state index is 12.3. The van der Waals surface area contributed by atoms with Crippen LogP contribution in [0, 0.1) is 20.8 Å². The monoisotopic (exact) mass is 329 g/mol. The number of hydrogen-bond acceptors (Lipinski definition) is 4. The highest BCUT2D eigenvalue weighted by molar-refractivity contribution is 6.35. The second-order valence-electron chi connectivity index (χ2n) is 6.12. The summed E-state index contributed by atoms with van der Waals surface area (Å²) in [7, 11) is 0. The van der Waals surface area contributed by atoms with Crippen molar-refractivity contribution in [2.24, 2.45) is 0 Å². The van der Waals surface area contributed by atoms with E-state index in [4.69, 9.17) is 4.42 Å². The fourth-order valence-electron chi connectivity index (χ4n) is 2.60. The first-order valence-corrected chi connectivity index (χ1v) is 7.79. The van der Waals surface area contributed by atoms with Crippen molar-refractivity contribution in [3.8, 4) is 0 Å². The van der Waals surface area contributed by atoms with Gasteiger partial charge in [0.2, 0.25) is 0 Å². The minimum Gasteiger partial charge on any atom is -0.450 e. The van der Waals surface area contributed by atoms with Gasteiger partial charge in [-0.25, -0.2) is 0 Å². The lowest BCUT2D eigenvalue weighted by molar-refractivity contribution is -0.139. The van der Waals surface area contributed by atoms with Gasteiger partial charge in [-0.1, -0.05) is 12.1 Å². The second kappa shape index (κ2) is 5.99. The highest BCUT2D eigenvalue weighted by atomic mass is 16.3. The van der Waals surface area contributed by atoms with Crippen LogP contribution in [0.25, 0.3) is 11.0 Å². The summed E-state index contributed by atoms with van der Waals surface area (Å²) in [5, 5.41) is 3.43. The average Bonchev–Trinajstić information content (AvgIpc) is 3.29. The predicted octanol–water partition coefficient (Wildman–Crippen LogP) is 1.40. The second-order valence-corrected chi connectivity index (χ2v) is 6.12. The van der Waals surface area contributed by atoms with Crippen molar-refractivity contribution < 1.29 is 18.8 Å². The lowest BCUT2D eigenvalue weighted by atomic mass is 10.0. The zero-order valence-electron chi connectivity index (χ0n) is 13.8. The summed E-state index contributed by atoms with van der Waals surface area (Å²) in [4.78, 5) is 35.4. The normalized spacial score (nSPS) is 13.6. The molecule has 1 aromatic heterocycles. The van der Waals surface area contributed by atoms with E-state index in [0.717, 1.165) is 29.4 Å². The number of carbonyl (C=O) groups is 3. The Hall–Kier alpha value is -2.83. The van der Waals surface area contributed by atoms with Crippen LogP contribution >= 0.6 is 0 Å². The van der Waals surface area contributed by atoms with Crippen LogP contribution in [0.5, 0.6) is 0 Å². The molecule has 0 atom stereocenters. The van der Waals surface area contributed by atoms with E-state index in [-0.39, 0.29) is 11.8 Å². The summed E-state index contributed by atoms with van der Waals surface area (Å²) < 4.78 is 5.68. The lowest BCUT2D eigenvalue weighted by Gasteiger charge is -2.06. The molecule has 7 heteroatoms. The lowest BCUT2D eigenvalue weighted by Crippen LogP contribution is -2.49. The molecule has 3 rings (SSSR count). The standard InChI is InChI=1S/C17H19N3O4/c1-8-4-5-9(2)13-12(8)10(3)14(24-13)15(21)19-20-17(23)16(22)18-11-6-7-11/h4-5,11H,6-7H2,1-3H3,(H,18,22)(H,19,21)(H,20,23). The number of benzene rings is 1. The van der Waals surface area contributed by atoms with Crippen LogP contribution in [0.2, 0.25) is 0 Å². The molecule has 126 valence electrons. The topological polar surface area (TPSA) is 100 Å². The Morgan fingerprint density at radius 3 is 2.29 bits per heavy atom. The maximum Gasteiger partial charge on any atom is 0.327 e. The van der Waals surface area contributed by atoms with Gasteiger partial charge >= 0.3 is 17.7 Å². The Balaban J connectivity index is 1.73. The molecule has 0 aliphatic heterocycles. The van der Waals surface area contributed by atoms with E-state index in [1.54, 1.807) is 6.92 Å². The fraction of sp³-hybridized carbons (Fsp3) is 0.353. The van der Waals surface area contributed by atoms with E-state index >= 15 is 0 Å². The smallest absolute Gasteiger partial charge is 0.327 e. The highest BCUT2D eigenvalue weighted by Crippen LogP contribution is 2.30. The van der Waals surface area contributed by atoms with Gasteiger partial charge in [-0.05, 0) is 44.7 Å². The molecule has 1 aliphatic rings. The number of aryl methyl sites for hydroxylation is 3. The Kier molecular flexibility index (Phi) is 4.01. The van der Waals surface area contributed by atoms with Gasteiger partial charge in [0, 0.05) is 17.0 Å². The van der Waals surface area contributed by atoms with Crippen LogP contribution in [0.15, 0.2) is 16.5 Å². The van der Waals surface area contributed by atoms with Gasteiger partial charge in [0.05, 0.1) is 0 Å². The summed E-state index contributed by atoms with van der Waals surface area (Å²) >= 11 is 0. The fourth-order valence-corrected chi connectivity index (χ4v) is 2.60. The number of fused-ring (bicyclic) bond motifs is 1. The van der Waals surface area contributed by atoms with Gasteiger partial charge in [0.25, 0.3) is 0 Å². The summed E-state index contributed by atoms with van der Waals surface area (Å²) in [6, 6.07) is 3.96. The Labute approximate surface area is 138 Å². The van der Waals surface area contributed by atoms with Gasteiger partial charge in [0.1, 0.15) is 5.58 Å². The number of furan rings is 1. The van der Waals surface area contributed by atoms with Crippen molar-refractivity contribution in [1.29, 1.82) is 0 Å². The van der Waals surface area contributed by atoms with Gasteiger partial charge in [-0.2, -0.15) is 0 Å². The number of hydrogen-bond donors (Lipinski definition) is 3. The van der Waals surface area contributed by atoms with E-state index in [1.807, 2.05) is 26.0 Å². The van der Waals surface area contributed by atoms with Crippen molar-refractivity contribution in [3.05, 3.63) is 34.6 Å². The van der Waals surface area contributed by atoms with Crippen molar-refractivity contribution in [2.45, 2.75) is 39.7 Å². The van der Waals surface area contributed by atoms with Crippen molar-refractivity contribution >= 4 is 28.7 Å². The summed E-state index contributed by atoms with van der Waals surface area (Å²) in [5.41, 5.74) is 7.59. The zero-order valence-corrected chi connectivity index (χ0v) is 13.8. The Morgan fingerprint density at radius 1 is 1.00 bits per heavy atom. The summed E-state index contributed by atoms with van der Waals surface area (Å²) in [5.74, 6) is -2.15. The van der Waals surface area contributed by atoms with Gasteiger partial charge < -0.3 is 9.73 Å². The summed E-state index contributed by atoms with van der Waals surface area (Å²) in [6.45, 7) is 5.63. The van der Waals surface area contributed by atoms with E-state index in [9.17, 15) is 14.4 Å². The highest BCUT2D eigenvalue weighted by Gasteiger charge is 2.27. The molecule has 3 amide bonds. The molecule has 1 heterocycles. The zero-order chi connectivity index (χ0) is 17.4. The largest absolute Gasteiger partial charge is 0.450 e. The van der Waals surface area contributed by atoms with E-state index in [1.165, 1.54) is 0 Å². The van der Waals surface area contributed by atoms with Crippen molar-refractivity contribution in [3.63, 3.8) is 0 Å². The van der Waals surface area contributed by atoms with Crippen LogP contribution in [0.1, 0.15) is 40.1 Å². The SMILES string of the molecule is Cc1ccc(C)c2c(C)c(C(=O)NNC(=O)C(=O)NC3CC3)oc12. The molecule has 7 nitrogen and oxygen atoms in total. The molecule has 24 heavy (non-hydrogen) atoms. The third kappa shape index (κ3) is 2.97. The molecule has 0 radical (unpaired) electrons. The van der Waals surface area contributed by atoms with Crippen molar-refractivity contribution in [1.82, 2.24) is 16.2 Å². The van der Waals surface area contributed by atoms with Crippen LogP contribution in [0.4, 0.5) is 0 Å². The van der Waals surface area contributed by atoms with E-state index in [2.05, 4.69) is 16.2 Å². The molecular formula is C17H19N3O4. The number of rotatable bonds is 2. The number of hydrazine groups is 1. The molecule has 1 saturated carbocycles. The van der Waals surface area contributed by atoms with Crippen LogP contribution in [-0.4, -0.2) is 23.8 Å².